The van der Waals surface area contributed by atoms with E-state index in [0.717, 1.165) is 0 Å². The van der Waals surface area contributed by atoms with Crippen molar-refractivity contribution in [3.05, 3.63) is 12.7 Å². The molecule has 0 aromatic carbocycles. The Balaban J connectivity index is 2.39. The maximum Gasteiger partial charge on any atom is 0.309 e. The zero-order valence-electron chi connectivity index (χ0n) is 7.04. The second-order valence-corrected chi connectivity index (χ2v) is 2.95. The summed E-state index contributed by atoms with van der Waals surface area (Å²) in [5.41, 5.74) is 0. The van der Waals surface area contributed by atoms with Gasteiger partial charge in [-0.3, -0.25) is 4.79 Å². The standard InChI is InChI=1S/C9H14O2/c1-4-7-6(3)8(7)9(10)11-5-2/h4,6-8H,1,5H2,2-3H3/t6-,7+,8-/m1/s1. The molecule has 0 amide bonds. The molecule has 0 spiro atoms. The van der Waals surface area contributed by atoms with Crippen LogP contribution in [-0.4, -0.2) is 12.6 Å². The van der Waals surface area contributed by atoms with Crippen LogP contribution < -0.4 is 0 Å². The van der Waals surface area contributed by atoms with Crippen molar-refractivity contribution in [1.82, 2.24) is 0 Å². The quantitative estimate of drug-likeness (QED) is 0.456. The predicted molar refractivity (Wildman–Crippen MR) is 43.0 cm³/mol. The zero-order valence-corrected chi connectivity index (χ0v) is 7.04. The molecule has 3 atom stereocenters. The van der Waals surface area contributed by atoms with E-state index < -0.39 is 0 Å². The molecule has 1 rings (SSSR count). The predicted octanol–water partition coefficient (Wildman–Crippen LogP) is 1.62. The fourth-order valence-corrected chi connectivity index (χ4v) is 1.47. The normalized spacial score (nSPS) is 34.5. The summed E-state index contributed by atoms with van der Waals surface area (Å²) >= 11 is 0. The number of ether oxygens (including phenoxy) is 1. The molecule has 0 saturated heterocycles. The molecule has 0 bridgehead atoms. The van der Waals surface area contributed by atoms with Crippen LogP contribution in [0, 0.1) is 17.8 Å². The first-order valence-corrected chi connectivity index (χ1v) is 4.01. The van der Waals surface area contributed by atoms with Crippen LogP contribution in [0.1, 0.15) is 13.8 Å². The van der Waals surface area contributed by atoms with Gasteiger partial charge in [0.15, 0.2) is 0 Å². The van der Waals surface area contributed by atoms with E-state index in [1.54, 1.807) is 0 Å². The van der Waals surface area contributed by atoms with Gasteiger partial charge in [0, 0.05) is 0 Å². The van der Waals surface area contributed by atoms with Crippen LogP contribution >= 0.6 is 0 Å². The zero-order chi connectivity index (χ0) is 8.43. The molecule has 0 aromatic rings. The highest BCUT2D eigenvalue weighted by Gasteiger charge is 2.50. The van der Waals surface area contributed by atoms with E-state index in [9.17, 15) is 4.79 Å². The number of carbonyl (C=O) groups is 1. The average molecular weight is 154 g/mol. The average Bonchev–Trinajstić information content (AvgIpc) is 2.61. The lowest BCUT2D eigenvalue weighted by molar-refractivity contribution is -0.145. The van der Waals surface area contributed by atoms with E-state index in [1.165, 1.54) is 0 Å². The summed E-state index contributed by atoms with van der Waals surface area (Å²) < 4.78 is 4.88. The minimum atomic E-state index is -0.0649. The molecule has 2 nitrogen and oxygen atoms in total. The van der Waals surface area contributed by atoms with Crippen molar-refractivity contribution >= 4 is 5.97 Å². The number of esters is 1. The molecular weight excluding hydrogens is 140 g/mol. The fourth-order valence-electron chi connectivity index (χ4n) is 1.47. The molecule has 62 valence electrons. The minimum absolute atomic E-state index is 0.0649. The van der Waals surface area contributed by atoms with E-state index in [0.29, 0.717) is 18.4 Å². The van der Waals surface area contributed by atoms with Crippen LogP contribution in [0.3, 0.4) is 0 Å². The minimum Gasteiger partial charge on any atom is -0.466 e. The number of carbonyl (C=O) groups excluding carboxylic acids is 1. The Hall–Kier alpha value is -0.790. The van der Waals surface area contributed by atoms with Gasteiger partial charge in [0.1, 0.15) is 0 Å². The van der Waals surface area contributed by atoms with E-state index >= 15 is 0 Å². The van der Waals surface area contributed by atoms with Crippen molar-refractivity contribution in [3.8, 4) is 0 Å². The van der Waals surface area contributed by atoms with Crippen molar-refractivity contribution < 1.29 is 9.53 Å². The van der Waals surface area contributed by atoms with E-state index in [-0.39, 0.29) is 11.9 Å². The van der Waals surface area contributed by atoms with Gasteiger partial charge in [-0.25, -0.2) is 0 Å². The molecule has 0 radical (unpaired) electrons. The second-order valence-electron chi connectivity index (χ2n) is 2.95. The molecule has 1 aliphatic carbocycles. The topological polar surface area (TPSA) is 26.3 Å². The third-order valence-electron chi connectivity index (χ3n) is 2.28. The van der Waals surface area contributed by atoms with Gasteiger partial charge in [-0.05, 0) is 18.8 Å². The Morgan fingerprint density at radius 2 is 2.36 bits per heavy atom. The first-order chi connectivity index (χ1) is 5.22. The smallest absolute Gasteiger partial charge is 0.309 e. The van der Waals surface area contributed by atoms with E-state index in [2.05, 4.69) is 6.58 Å². The van der Waals surface area contributed by atoms with Crippen molar-refractivity contribution in [1.29, 1.82) is 0 Å². The highest BCUT2D eigenvalue weighted by Crippen LogP contribution is 2.47. The van der Waals surface area contributed by atoms with Crippen LogP contribution in [0.15, 0.2) is 12.7 Å². The summed E-state index contributed by atoms with van der Waals surface area (Å²) in [7, 11) is 0. The van der Waals surface area contributed by atoms with Gasteiger partial charge < -0.3 is 4.74 Å². The van der Waals surface area contributed by atoms with Crippen molar-refractivity contribution in [2.24, 2.45) is 17.8 Å². The highest BCUT2D eigenvalue weighted by molar-refractivity contribution is 5.76. The fraction of sp³-hybridized carbons (Fsp3) is 0.667. The van der Waals surface area contributed by atoms with Gasteiger partial charge in [0.2, 0.25) is 0 Å². The number of allylic oxidation sites excluding steroid dienone is 1. The van der Waals surface area contributed by atoms with E-state index in [4.69, 9.17) is 4.74 Å². The molecular formula is C9H14O2. The lowest BCUT2D eigenvalue weighted by Gasteiger charge is -1.97. The Kier molecular flexibility index (Phi) is 2.32. The van der Waals surface area contributed by atoms with Gasteiger partial charge in [-0.15, -0.1) is 6.58 Å². The van der Waals surface area contributed by atoms with Gasteiger partial charge in [0.05, 0.1) is 12.5 Å². The molecule has 1 fully saturated rings. The Bertz CT molecular complexity index is 174. The second kappa shape index (κ2) is 3.07. The van der Waals surface area contributed by atoms with Crippen LogP contribution in [0.2, 0.25) is 0 Å². The number of hydrogen-bond donors (Lipinski definition) is 0. The summed E-state index contributed by atoms with van der Waals surface area (Å²) in [5.74, 6) is 0.818. The van der Waals surface area contributed by atoms with Crippen LogP contribution in [0.4, 0.5) is 0 Å². The van der Waals surface area contributed by atoms with Crippen molar-refractivity contribution in [2.75, 3.05) is 6.61 Å². The Morgan fingerprint density at radius 3 is 2.73 bits per heavy atom. The lowest BCUT2D eigenvalue weighted by Crippen LogP contribution is -2.07. The summed E-state index contributed by atoms with van der Waals surface area (Å²) in [6.07, 6.45) is 1.84. The monoisotopic (exact) mass is 154 g/mol. The highest BCUT2D eigenvalue weighted by atomic mass is 16.5. The molecule has 2 heteroatoms. The maximum atomic E-state index is 11.1. The molecule has 0 heterocycles. The van der Waals surface area contributed by atoms with Crippen LogP contribution in [-0.2, 0) is 9.53 Å². The third-order valence-corrected chi connectivity index (χ3v) is 2.28. The lowest BCUT2D eigenvalue weighted by atomic mass is 10.3. The number of hydrogen-bond acceptors (Lipinski definition) is 2. The largest absolute Gasteiger partial charge is 0.466 e. The molecule has 0 unspecified atom stereocenters. The third kappa shape index (κ3) is 1.44. The summed E-state index contributed by atoms with van der Waals surface area (Å²) in [4.78, 5) is 11.1. The summed E-state index contributed by atoms with van der Waals surface area (Å²) in [6.45, 7) is 8.01. The van der Waals surface area contributed by atoms with Gasteiger partial charge in [-0.2, -0.15) is 0 Å². The van der Waals surface area contributed by atoms with Crippen molar-refractivity contribution in [3.63, 3.8) is 0 Å². The number of rotatable bonds is 3. The van der Waals surface area contributed by atoms with Crippen molar-refractivity contribution in [2.45, 2.75) is 13.8 Å². The first-order valence-electron chi connectivity index (χ1n) is 4.01. The Morgan fingerprint density at radius 1 is 1.73 bits per heavy atom. The van der Waals surface area contributed by atoms with Crippen LogP contribution in [0.25, 0.3) is 0 Å². The van der Waals surface area contributed by atoms with Gasteiger partial charge in [-0.1, -0.05) is 13.0 Å². The molecule has 1 saturated carbocycles. The molecule has 0 aromatic heterocycles. The maximum absolute atomic E-state index is 11.1. The molecule has 11 heavy (non-hydrogen) atoms. The Labute approximate surface area is 67.2 Å². The first kappa shape index (κ1) is 8.31. The summed E-state index contributed by atoms with van der Waals surface area (Å²) in [5, 5.41) is 0. The van der Waals surface area contributed by atoms with E-state index in [1.807, 2.05) is 19.9 Å². The van der Waals surface area contributed by atoms with Crippen LogP contribution in [0.5, 0.6) is 0 Å². The SMILES string of the molecule is C=C[C@H]1[C@@H](C)[C@H]1C(=O)OCC. The molecule has 1 aliphatic rings. The van der Waals surface area contributed by atoms with Gasteiger partial charge in [0.25, 0.3) is 0 Å². The molecule has 0 aliphatic heterocycles. The summed E-state index contributed by atoms with van der Waals surface area (Å²) in [6, 6.07) is 0. The molecule has 0 N–H and O–H groups in total. The van der Waals surface area contributed by atoms with Gasteiger partial charge >= 0.3 is 5.97 Å².